The van der Waals surface area contributed by atoms with Crippen LogP contribution in [0.2, 0.25) is 0 Å². The standard InChI is InChI=1S/C18H34N2/c1-4-5-16-11-20(18(10-19-16)13(2)3)12-17(14-6-7-14)15-8-9-15/h13-19H,4-12H2,1-3H3. The second-order valence-electron chi connectivity index (χ2n) is 8.00. The highest BCUT2D eigenvalue weighted by Crippen LogP contribution is 2.49. The molecule has 2 nitrogen and oxygen atoms in total. The van der Waals surface area contributed by atoms with Gasteiger partial charge in [0.05, 0.1) is 0 Å². The Morgan fingerprint density at radius 1 is 1.10 bits per heavy atom. The van der Waals surface area contributed by atoms with Crippen molar-refractivity contribution < 1.29 is 0 Å². The van der Waals surface area contributed by atoms with Gasteiger partial charge in [-0.3, -0.25) is 4.90 Å². The molecule has 1 N–H and O–H groups in total. The second-order valence-corrected chi connectivity index (χ2v) is 8.00. The lowest BCUT2D eigenvalue weighted by Crippen LogP contribution is -2.59. The van der Waals surface area contributed by atoms with Crippen LogP contribution in [0.1, 0.15) is 59.3 Å². The van der Waals surface area contributed by atoms with Crippen LogP contribution in [-0.2, 0) is 0 Å². The smallest absolute Gasteiger partial charge is 0.0244 e. The monoisotopic (exact) mass is 278 g/mol. The quantitative estimate of drug-likeness (QED) is 0.766. The number of hydrogen-bond acceptors (Lipinski definition) is 2. The molecule has 20 heavy (non-hydrogen) atoms. The summed E-state index contributed by atoms with van der Waals surface area (Å²) in [5.74, 6) is 4.01. The Bertz CT molecular complexity index is 295. The summed E-state index contributed by atoms with van der Waals surface area (Å²) in [4.78, 5) is 2.88. The maximum atomic E-state index is 3.80. The fourth-order valence-corrected chi connectivity index (χ4v) is 4.31. The van der Waals surface area contributed by atoms with E-state index in [4.69, 9.17) is 0 Å². The van der Waals surface area contributed by atoms with Crippen LogP contribution in [0.5, 0.6) is 0 Å². The van der Waals surface area contributed by atoms with Crippen LogP contribution in [0.3, 0.4) is 0 Å². The van der Waals surface area contributed by atoms with E-state index in [0.29, 0.717) is 0 Å². The first kappa shape index (κ1) is 14.8. The summed E-state index contributed by atoms with van der Waals surface area (Å²) in [6.07, 6.45) is 8.76. The summed E-state index contributed by atoms with van der Waals surface area (Å²) in [7, 11) is 0. The van der Waals surface area contributed by atoms with E-state index in [2.05, 4.69) is 31.0 Å². The molecular formula is C18H34N2. The molecule has 2 atom stereocenters. The molecule has 0 amide bonds. The lowest BCUT2D eigenvalue weighted by Gasteiger charge is -2.44. The molecule has 0 aromatic carbocycles. The largest absolute Gasteiger partial charge is 0.311 e. The minimum Gasteiger partial charge on any atom is -0.311 e. The number of hydrogen-bond donors (Lipinski definition) is 1. The second kappa shape index (κ2) is 6.36. The average molecular weight is 278 g/mol. The van der Waals surface area contributed by atoms with Gasteiger partial charge in [-0.05, 0) is 55.8 Å². The van der Waals surface area contributed by atoms with Crippen molar-refractivity contribution in [2.75, 3.05) is 19.6 Å². The van der Waals surface area contributed by atoms with Gasteiger partial charge in [0.2, 0.25) is 0 Å². The third-order valence-corrected chi connectivity index (χ3v) is 5.85. The predicted molar refractivity (Wildman–Crippen MR) is 85.8 cm³/mol. The zero-order valence-corrected chi connectivity index (χ0v) is 13.8. The van der Waals surface area contributed by atoms with Gasteiger partial charge in [-0.25, -0.2) is 0 Å². The van der Waals surface area contributed by atoms with Gasteiger partial charge in [0, 0.05) is 31.7 Å². The van der Waals surface area contributed by atoms with Gasteiger partial charge >= 0.3 is 0 Å². The van der Waals surface area contributed by atoms with E-state index < -0.39 is 0 Å². The van der Waals surface area contributed by atoms with Gasteiger partial charge in [0.15, 0.2) is 0 Å². The molecule has 0 radical (unpaired) electrons. The number of nitrogens with one attached hydrogen (secondary N) is 1. The molecule has 1 heterocycles. The summed E-state index contributed by atoms with van der Waals surface area (Å²) >= 11 is 0. The summed E-state index contributed by atoms with van der Waals surface area (Å²) < 4.78 is 0. The molecule has 0 aromatic heterocycles. The van der Waals surface area contributed by atoms with Crippen molar-refractivity contribution >= 4 is 0 Å². The van der Waals surface area contributed by atoms with E-state index in [0.717, 1.165) is 35.8 Å². The molecule has 2 heteroatoms. The fraction of sp³-hybridized carbons (Fsp3) is 1.00. The van der Waals surface area contributed by atoms with E-state index in [1.165, 1.54) is 58.2 Å². The van der Waals surface area contributed by atoms with Gasteiger partial charge in [0.25, 0.3) is 0 Å². The van der Waals surface area contributed by atoms with Crippen molar-refractivity contribution in [3.63, 3.8) is 0 Å². The SMILES string of the molecule is CCCC1CN(CC(C2CC2)C2CC2)C(C(C)C)CN1. The fourth-order valence-electron chi connectivity index (χ4n) is 4.31. The normalized spacial score (nSPS) is 32.2. The van der Waals surface area contributed by atoms with Crippen LogP contribution < -0.4 is 5.32 Å². The zero-order valence-electron chi connectivity index (χ0n) is 13.8. The minimum absolute atomic E-state index is 0.744. The molecular weight excluding hydrogens is 244 g/mol. The van der Waals surface area contributed by atoms with E-state index in [1.807, 2.05) is 0 Å². The number of nitrogens with zero attached hydrogens (tertiary/aromatic N) is 1. The average Bonchev–Trinajstić information content (AvgIpc) is 3.28. The first-order valence-corrected chi connectivity index (χ1v) is 9.16. The number of piperazine rings is 1. The van der Waals surface area contributed by atoms with Gasteiger partial charge in [0.1, 0.15) is 0 Å². The molecule has 3 fully saturated rings. The van der Waals surface area contributed by atoms with Crippen LogP contribution in [-0.4, -0.2) is 36.6 Å². The minimum atomic E-state index is 0.744. The topological polar surface area (TPSA) is 15.3 Å². The van der Waals surface area contributed by atoms with Gasteiger partial charge in [-0.1, -0.05) is 27.2 Å². The van der Waals surface area contributed by atoms with E-state index in [1.54, 1.807) is 0 Å². The lowest BCUT2D eigenvalue weighted by atomic mass is 9.92. The summed E-state index contributed by atoms with van der Waals surface area (Å²) in [6, 6.07) is 1.51. The van der Waals surface area contributed by atoms with Crippen molar-refractivity contribution in [1.82, 2.24) is 10.2 Å². The lowest BCUT2D eigenvalue weighted by molar-refractivity contribution is 0.0706. The summed E-state index contributed by atoms with van der Waals surface area (Å²) in [6.45, 7) is 11.0. The predicted octanol–water partition coefficient (Wildman–Crippen LogP) is 3.52. The van der Waals surface area contributed by atoms with Crippen LogP contribution in [0.25, 0.3) is 0 Å². The third kappa shape index (κ3) is 3.57. The van der Waals surface area contributed by atoms with Crippen molar-refractivity contribution in [3.8, 4) is 0 Å². The first-order valence-electron chi connectivity index (χ1n) is 9.16. The molecule has 2 aliphatic carbocycles. The third-order valence-electron chi connectivity index (χ3n) is 5.85. The van der Waals surface area contributed by atoms with Crippen molar-refractivity contribution in [2.24, 2.45) is 23.7 Å². The Morgan fingerprint density at radius 3 is 2.25 bits per heavy atom. The van der Waals surface area contributed by atoms with Crippen molar-refractivity contribution in [2.45, 2.75) is 71.4 Å². The van der Waals surface area contributed by atoms with Crippen LogP contribution >= 0.6 is 0 Å². The van der Waals surface area contributed by atoms with Gasteiger partial charge in [-0.2, -0.15) is 0 Å². The molecule has 0 spiro atoms. The summed E-state index contributed by atoms with van der Waals surface area (Å²) in [5.41, 5.74) is 0. The summed E-state index contributed by atoms with van der Waals surface area (Å²) in [5, 5.41) is 3.80. The Balaban J connectivity index is 1.61. The van der Waals surface area contributed by atoms with Crippen LogP contribution in [0.15, 0.2) is 0 Å². The maximum Gasteiger partial charge on any atom is 0.0244 e. The highest BCUT2D eigenvalue weighted by Gasteiger charge is 2.43. The molecule has 2 unspecified atom stereocenters. The first-order chi connectivity index (χ1) is 9.69. The van der Waals surface area contributed by atoms with E-state index >= 15 is 0 Å². The van der Waals surface area contributed by atoms with Gasteiger partial charge in [-0.15, -0.1) is 0 Å². The Morgan fingerprint density at radius 2 is 1.75 bits per heavy atom. The molecule has 1 aliphatic heterocycles. The van der Waals surface area contributed by atoms with E-state index in [9.17, 15) is 0 Å². The molecule has 2 saturated carbocycles. The van der Waals surface area contributed by atoms with Gasteiger partial charge < -0.3 is 5.32 Å². The molecule has 0 bridgehead atoms. The molecule has 3 rings (SSSR count). The van der Waals surface area contributed by atoms with Crippen molar-refractivity contribution in [1.29, 1.82) is 0 Å². The van der Waals surface area contributed by atoms with Crippen LogP contribution in [0, 0.1) is 23.7 Å². The Labute approximate surface area is 125 Å². The van der Waals surface area contributed by atoms with E-state index in [-0.39, 0.29) is 0 Å². The Kier molecular flexibility index (Phi) is 4.72. The van der Waals surface area contributed by atoms with Crippen LogP contribution in [0.4, 0.5) is 0 Å². The number of rotatable bonds is 7. The maximum absolute atomic E-state index is 3.80. The highest BCUT2D eigenvalue weighted by molar-refractivity contribution is 4.96. The zero-order chi connectivity index (χ0) is 14.1. The molecule has 0 aromatic rings. The molecule has 1 saturated heterocycles. The van der Waals surface area contributed by atoms with Crippen molar-refractivity contribution in [3.05, 3.63) is 0 Å². The molecule has 116 valence electrons. The molecule has 3 aliphatic rings. The highest BCUT2D eigenvalue weighted by atomic mass is 15.2. The Hall–Kier alpha value is -0.0800.